The smallest absolute Gasteiger partial charge is 0.203 e. The quantitative estimate of drug-likeness (QED) is 0.795. The summed E-state index contributed by atoms with van der Waals surface area (Å²) in [5.74, 6) is -0.0150. The Morgan fingerprint density at radius 1 is 1.11 bits per heavy atom. The van der Waals surface area contributed by atoms with Crippen LogP contribution in [0.25, 0.3) is 5.70 Å². The Balaban J connectivity index is 2.09. The summed E-state index contributed by atoms with van der Waals surface area (Å²) in [4.78, 5) is 17.9. The molecule has 1 aromatic heterocycles. The van der Waals surface area contributed by atoms with E-state index in [9.17, 15) is 4.79 Å². The second-order valence-electron chi connectivity index (χ2n) is 3.89. The van der Waals surface area contributed by atoms with E-state index in [-0.39, 0.29) is 5.78 Å². The maximum Gasteiger partial charge on any atom is 0.203 e. The van der Waals surface area contributed by atoms with Crippen LogP contribution in [0, 0.1) is 0 Å². The molecule has 0 atom stereocenters. The lowest BCUT2D eigenvalue weighted by atomic mass is 10.1. The molecule has 0 radical (unpaired) electrons. The summed E-state index contributed by atoms with van der Waals surface area (Å²) in [7, 11) is 0. The molecule has 1 aliphatic heterocycles. The van der Waals surface area contributed by atoms with E-state index in [1.165, 1.54) is 11.8 Å². The van der Waals surface area contributed by atoms with Gasteiger partial charge >= 0.3 is 0 Å². The van der Waals surface area contributed by atoms with Crippen molar-refractivity contribution in [3.05, 3.63) is 64.8 Å². The number of pyridine rings is 1. The van der Waals surface area contributed by atoms with E-state index in [0.29, 0.717) is 16.3 Å². The van der Waals surface area contributed by atoms with Crippen LogP contribution in [-0.2, 0) is 0 Å². The number of carbonyl (C=O) groups is 1. The number of allylic oxidation sites excluding steroid dienone is 1. The molecule has 0 bridgehead atoms. The van der Waals surface area contributed by atoms with Gasteiger partial charge in [0.25, 0.3) is 0 Å². The number of thioether (sulfide) groups is 1. The number of Topliss-reactive ketones (excluding diaryl/α,β-unsaturated/α-hetero) is 1. The van der Waals surface area contributed by atoms with Gasteiger partial charge in [-0.25, -0.2) is 0 Å². The van der Waals surface area contributed by atoms with Crippen LogP contribution in [0.2, 0.25) is 0 Å². The highest BCUT2D eigenvalue weighted by atomic mass is 32.2. The highest BCUT2D eigenvalue weighted by Gasteiger charge is 2.28. The third-order valence-corrected chi connectivity index (χ3v) is 3.92. The zero-order valence-electron chi connectivity index (χ0n) is 9.46. The molecule has 2 aromatic rings. The molecule has 1 aromatic carbocycles. The van der Waals surface area contributed by atoms with Crippen molar-refractivity contribution in [2.45, 2.75) is 4.90 Å². The molecule has 0 fully saturated rings. The minimum absolute atomic E-state index is 0.0150. The second kappa shape index (κ2) is 4.31. The van der Waals surface area contributed by atoms with E-state index in [1.807, 2.05) is 36.4 Å². The lowest BCUT2D eigenvalue weighted by molar-refractivity contribution is 0.104. The van der Waals surface area contributed by atoms with Crippen LogP contribution in [0.15, 0.2) is 58.5 Å². The molecule has 0 unspecified atom stereocenters. The Morgan fingerprint density at radius 2 is 1.89 bits per heavy atom. The van der Waals surface area contributed by atoms with Gasteiger partial charge in [-0.15, -0.1) is 0 Å². The first-order chi connectivity index (χ1) is 8.77. The third kappa shape index (κ3) is 1.71. The zero-order chi connectivity index (χ0) is 12.5. The lowest BCUT2D eigenvalue weighted by Crippen LogP contribution is -2.06. The van der Waals surface area contributed by atoms with Crippen LogP contribution in [0.1, 0.15) is 16.1 Å². The summed E-state index contributed by atoms with van der Waals surface area (Å²) in [6.07, 6.45) is 1.67. The lowest BCUT2D eigenvalue weighted by Gasteiger charge is -2.02. The van der Waals surface area contributed by atoms with E-state index < -0.39 is 0 Å². The topological polar surface area (TPSA) is 56.0 Å². The largest absolute Gasteiger partial charge is 0.396 e. The maximum absolute atomic E-state index is 12.2. The monoisotopic (exact) mass is 254 g/mol. The van der Waals surface area contributed by atoms with Crippen LogP contribution in [0.5, 0.6) is 0 Å². The number of hydrogen-bond acceptors (Lipinski definition) is 4. The molecule has 3 nitrogen and oxygen atoms in total. The predicted molar refractivity (Wildman–Crippen MR) is 72.0 cm³/mol. The second-order valence-corrected chi connectivity index (χ2v) is 4.94. The average Bonchev–Trinajstić information content (AvgIpc) is 2.77. The van der Waals surface area contributed by atoms with Crippen molar-refractivity contribution in [1.82, 2.24) is 4.98 Å². The van der Waals surface area contributed by atoms with E-state index in [1.54, 1.807) is 12.3 Å². The third-order valence-electron chi connectivity index (χ3n) is 2.74. The van der Waals surface area contributed by atoms with Crippen LogP contribution in [-0.4, -0.2) is 10.8 Å². The maximum atomic E-state index is 12.2. The molecular formula is C14H10N2OS. The molecule has 88 valence electrons. The summed E-state index contributed by atoms with van der Waals surface area (Å²) in [5, 5.41) is 0. The zero-order valence-corrected chi connectivity index (χ0v) is 10.3. The minimum atomic E-state index is -0.0150. The van der Waals surface area contributed by atoms with E-state index in [0.717, 1.165) is 10.5 Å². The number of carbonyl (C=O) groups excluding carboxylic acids is 1. The Bertz CT molecular complexity index is 650. The van der Waals surface area contributed by atoms with Crippen molar-refractivity contribution in [2.75, 3.05) is 0 Å². The van der Waals surface area contributed by atoms with Gasteiger partial charge in [0.2, 0.25) is 5.78 Å². The van der Waals surface area contributed by atoms with Crippen LogP contribution < -0.4 is 5.73 Å². The van der Waals surface area contributed by atoms with Gasteiger partial charge in [-0.3, -0.25) is 9.78 Å². The number of benzene rings is 1. The molecule has 0 saturated heterocycles. The van der Waals surface area contributed by atoms with Crippen molar-refractivity contribution in [1.29, 1.82) is 0 Å². The van der Waals surface area contributed by atoms with E-state index in [4.69, 9.17) is 5.73 Å². The van der Waals surface area contributed by atoms with Crippen LogP contribution in [0.3, 0.4) is 0 Å². The Morgan fingerprint density at radius 3 is 2.61 bits per heavy atom. The fraction of sp³-hybridized carbons (Fsp3) is 0. The van der Waals surface area contributed by atoms with Gasteiger partial charge in [0.15, 0.2) is 0 Å². The molecule has 0 saturated carbocycles. The summed E-state index contributed by atoms with van der Waals surface area (Å²) in [5.41, 5.74) is 7.85. The van der Waals surface area contributed by atoms with Crippen molar-refractivity contribution in [3.8, 4) is 0 Å². The van der Waals surface area contributed by atoms with Gasteiger partial charge in [0.1, 0.15) is 0 Å². The molecule has 0 spiro atoms. The normalized spacial score (nSPS) is 16.6. The molecule has 3 rings (SSSR count). The van der Waals surface area contributed by atoms with Gasteiger partial charge < -0.3 is 5.73 Å². The highest BCUT2D eigenvalue weighted by molar-refractivity contribution is 8.05. The van der Waals surface area contributed by atoms with Gasteiger partial charge in [-0.1, -0.05) is 30.0 Å². The molecule has 1 aliphatic rings. The van der Waals surface area contributed by atoms with E-state index in [2.05, 4.69) is 4.98 Å². The number of hydrogen-bond donors (Lipinski definition) is 1. The summed E-state index contributed by atoms with van der Waals surface area (Å²) in [6.45, 7) is 0. The van der Waals surface area contributed by atoms with Crippen molar-refractivity contribution < 1.29 is 4.79 Å². The Labute approximate surface area is 109 Å². The average molecular weight is 254 g/mol. The fourth-order valence-corrected chi connectivity index (χ4v) is 2.89. The van der Waals surface area contributed by atoms with Gasteiger partial charge in [-0.05, 0) is 24.3 Å². The molecule has 2 heterocycles. The molecule has 4 heteroatoms. The van der Waals surface area contributed by atoms with Gasteiger partial charge in [0.05, 0.1) is 16.3 Å². The van der Waals surface area contributed by atoms with Crippen LogP contribution in [0.4, 0.5) is 0 Å². The SMILES string of the molecule is NC(=C1Sc2ccccc2C1=O)c1ccccn1. The molecule has 0 amide bonds. The van der Waals surface area contributed by atoms with Gasteiger partial charge in [0, 0.05) is 16.7 Å². The summed E-state index contributed by atoms with van der Waals surface area (Å²) >= 11 is 1.41. The summed E-state index contributed by atoms with van der Waals surface area (Å²) in [6, 6.07) is 13.0. The highest BCUT2D eigenvalue weighted by Crippen LogP contribution is 2.41. The first-order valence-corrected chi connectivity index (χ1v) is 6.32. The Hall–Kier alpha value is -2.07. The molecular weight excluding hydrogens is 244 g/mol. The number of nitrogens with two attached hydrogens (primary N) is 1. The van der Waals surface area contributed by atoms with Gasteiger partial charge in [-0.2, -0.15) is 0 Å². The number of rotatable bonds is 1. The number of fused-ring (bicyclic) bond motifs is 1. The predicted octanol–water partition coefficient (Wildman–Crippen LogP) is 2.70. The van der Waals surface area contributed by atoms with Crippen LogP contribution >= 0.6 is 11.8 Å². The number of nitrogens with zero attached hydrogens (tertiary/aromatic N) is 1. The first-order valence-electron chi connectivity index (χ1n) is 5.50. The van der Waals surface area contributed by atoms with Crippen molar-refractivity contribution in [2.24, 2.45) is 5.73 Å². The number of ketones is 1. The number of aromatic nitrogens is 1. The summed E-state index contributed by atoms with van der Waals surface area (Å²) < 4.78 is 0. The standard InChI is InChI=1S/C14H10N2OS/c15-12(10-6-3-4-8-16-10)14-13(17)9-5-1-2-7-11(9)18-14/h1-8H,15H2. The molecule has 0 aliphatic carbocycles. The molecule has 18 heavy (non-hydrogen) atoms. The van der Waals surface area contributed by atoms with Crippen molar-refractivity contribution >= 4 is 23.2 Å². The molecule has 2 N–H and O–H groups in total. The van der Waals surface area contributed by atoms with E-state index >= 15 is 0 Å². The first kappa shape index (κ1) is 11.0. The Kier molecular flexibility index (Phi) is 2.64. The van der Waals surface area contributed by atoms with Crippen molar-refractivity contribution in [3.63, 3.8) is 0 Å². The fourth-order valence-electron chi connectivity index (χ4n) is 1.84. The minimum Gasteiger partial charge on any atom is -0.396 e.